The Morgan fingerprint density at radius 3 is 2.93 bits per heavy atom. The van der Waals surface area contributed by atoms with Crippen LogP contribution in [-0.4, -0.2) is 24.2 Å². The van der Waals surface area contributed by atoms with Crippen LogP contribution in [0.3, 0.4) is 0 Å². The predicted octanol–water partition coefficient (Wildman–Crippen LogP) is 4.60. The van der Waals surface area contributed by atoms with E-state index in [4.69, 9.17) is 16.3 Å². The summed E-state index contributed by atoms with van der Waals surface area (Å²) in [7, 11) is 0. The minimum atomic E-state index is -1.05. The van der Waals surface area contributed by atoms with Crippen LogP contribution >= 0.6 is 11.6 Å². The summed E-state index contributed by atoms with van der Waals surface area (Å²) >= 11 is 6.04. The number of hydrogen-bond acceptors (Lipinski definition) is 3. The molecule has 0 radical (unpaired) electrons. The molecule has 8 heteroatoms. The topological polar surface area (TPSA) is 79.5 Å². The summed E-state index contributed by atoms with van der Waals surface area (Å²) in [5, 5.41) is 8.96. The first kappa shape index (κ1) is 19.5. The smallest absolute Gasteiger partial charge is 0.319 e. The fourth-order valence-corrected chi connectivity index (χ4v) is 3.88. The monoisotopic (exact) mass is 417 g/mol. The number of nitrogens with one attached hydrogen (secondary N) is 3. The van der Waals surface area contributed by atoms with Gasteiger partial charge in [-0.25, -0.2) is 9.18 Å². The Bertz CT molecular complexity index is 984. The lowest BCUT2D eigenvalue weighted by molar-refractivity contribution is -0.116. The molecule has 0 aliphatic carbocycles. The van der Waals surface area contributed by atoms with Gasteiger partial charge in [-0.05, 0) is 43.2 Å². The number of anilines is 2. The average Bonchev–Trinajstić information content (AvgIpc) is 2.67. The second kappa shape index (κ2) is 7.55. The normalized spacial score (nSPS) is 22.6. The van der Waals surface area contributed by atoms with E-state index in [0.717, 1.165) is 11.1 Å². The van der Waals surface area contributed by atoms with E-state index in [0.29, 0.717) is 35.0 Å². The second-order valence-electron chi connectivity index (χ2n) is 7.64. The largest absolute Gasteiger partial charge is 0.484 e. The quantitative estimate of drug-likeness (QED) is 0.682. The van der Waals surface area contributed by atoms with Crippen molar-refractivity contribution in [2.24, 2.45) is 0 Å². The average molecular weight is 418 g/mol. The molecule has 0 saturated heterocycles. The van der Waals surface area contributed by atoms with Gasteiger partial charge in [0.25, 0.3) is 0 Å². The first-order chi connectivity index (χ1) is 13.8. The molecule has 2 aromatic carbocycles. The SMILES string of the molecule is C[C@]1(CF)C[C@@H](NC(=O)Nc2ccc3c(c2)NC(=O)CC3)c2ccc(Cl)cc2O1. The van der Waals surface area contributed by atoms with Gasteiger partial charge in [-0.1, -0.05) is 23.7 Å². The minimum Gasteiger partial charge on any atom is -0.484 e. The van der Waals surface area contributed by atoms with Crippen LogP contribution in [0, 0.1) is 0 Å². The molecule has 3 amide bonds. The number of ether oxygens (including phenoxy) is 1. The molecule has 2 aromatic rings. The number of rotatable bonds is 3. The second-order valence-corrected chi connectivity index (χ2v) is 8.08. The van der Waals surface area contributed by atoms with Crippen molar-refractivity contribution >= 4 is 34.9 Å². The third kappa shape index (κ3) is 4.15. The number of amides is 3. The van der Waals surface area contributed by atoms with Gasteiger partial charge in [-0.2, -0.15) is 0 Å². The van der Waals surface area contributed by atoms with Crippen LogP contribution in [0.15, 0.2) is 36.4 Å². The summed E-state index contributed by atoms with van der Waals surface area (Å²) < 4.78 is 19.4. The molecular weight excluding hydrogens is 397 g/mol. The zero-order chi connectivity index (χ0) is 20.6. The van der Waals surface area contributed by atoms with Crippen LogP contribution in [0.2, 0.25) is 5.02 Å². The first-order valence-electron chi connectivity index (χ1n) is 9.40. The number of fused-ring (bicyclic) bond motifs is 2. The van der Waals surface area contributed by atoms with Crippen LogP contribution < -0.4 is 20.7 Å². The van der Waals surface area contributed by atoms with E-state index in [-0.39, 0.29) is 12.3 Å². The summed E-state index contributed by atoms with van der Waals surface area (Å²) in [5.74, 6) is 0.424. The summed E-state index contributed by atoms with van der Waals surface area (Å²) in [4.78, 5) is 24.2. The predicted molar refractivity (Wildman–Crippen MR) is 109 cm³/mol. The van der Waals surface area contributed by atoms with Crippen molar-refractivity contribution < 1.29 is 18.7 Å². The molecule has 2 atom stereocenters. The number of carbonyl (C=O) groups is 2. The molecule has 0 bridgehead atoms. The van der Waals surface area contributed by atoms with Crippen LogP contribution in [-0.2, 0) is 11.2 Å². The molecule has 152 valence electrons. The zero-order valence-electron chi connectivity index (χ0n) is 15.9. The molecule has 2 heterocycles. The van der Waals surface area contributed by atoms with Gasteiger partial charge >= 0.3 is 6.03 Å². The van der Waals surface area contributed by atoms with Gasteiger partial charge in [0.2, 0.25) is 5.91 Å². The van der Waals surface area contributed by atoms with E-state index in [1.54, 1.807) is 37.3 Å². The van der Waals surface area contributed by atoms with E-state index in [1.807, 2.05) is 6.07 Å². The van der Waals surface area contributed by atoms with E-state index in [9.17, 15) is 14.0 Å². The standard InChI is InChI=1S/C21H21ClFN3O3/c1-21(11-23)10-17(15-6-4-13(22)8-18(15)29-21)26-20(28)24-14-5-2-12-3-7-19(27)25-16(12)9-14/h2,4-6,8-9,17H,3,7,10-11H2,1H3,(H,25,27)(H2,24,26,28)/t17-,21-/m1/s1. The third-order valence-electron chi connectivity index (χ3n) is 5.19. The highest BCUT2D eigenvalue weighted by molar-refractivity contribution is 6.30. The summed E-state index contributed by atoms with van der Waals surface area (Å²) in [6.07, 6.45) is 1.42. The van der Waals surface area contributed by atoms with Crippen molar-refractivity contribution in [2.45, 2.75) is 37.8 Å². The van der Waals surface area contributed by atoms with Gasteiger partial charge in [0.15, 0.2) is 0 Å². The number of carbonyl (C=O) groups excluding carboxylic acids is 2. The molecule has 0 fully saturated rings. The highest BCUT2D eigenvalue weighted by Gasteiger charge is 2.38. The molecule has 0 unspecified atom stereocenters. The maximum absolute atomic E-state index is 13.6. The van der Waals surface area contributed by atoms with Gasteiger partial charge < -0.3 is 20.7 Å². The maximum Gasteiger partial charge on any atom is 0.319 e. The van der Waals surface area contributed by atoms with Gasteiger partial charge in [0.05, 0.1) is 6.04 Å². The van der Waals surface area contributed by atoms with Crippen LogP contribution in [0.25, 0.3) is 0 Å². The third-order valence-corrected chi connectivity index (χ3v) is 5.43. The van der Waals surface area contributed by atoms with Crippen molar-refractivity contribution in [2.75, 3.05) is 17.3 Å². The van der Waals surface area contributed by atoms with Crippen molar-refractivity contribution in [1.82, 2.24) is 5.32 Å². The van der Waals surface area contributed by atoms with E-state index in [2.05, 4.69) is 16.0 Å². The molecule has 2 aliphatic rings. The summed E-state index contributed by atoms with van der Waals surface area (Å²) in [5.41, 5.74) is 1.99. The Morgan fingerprint density at radius 1 is 1.31 bits per heavy atom. The van der Waals surface area contributed by atoms with E-state index in [1.165, 1.54) is 0 Å². The Kier molecular flexibility index (Phi) is 5.08. The van der Waals surface area contributed by atoms with Gasteiger partial charge in [-0.3, -0.25) is 4.79 Å². The number of hydrogen-bond donors (Lipinski definition) is 3. The van der Waals surface area contributed by atoms with E-state index >= 15 is 0 Å². The van der Waals surface area contributed by atoms with Gasteiger partial charge in [-0.15, -0.1) is 0 Å². The molecule has 29 heavy (non-hydrogen) atoms. The Balaban J connectivity index is 1.51. The number of urea groups is 1. The van der Waals surface area contributed by atoms with Gasteiger partial charge in [0.1, 0.15) is 18.0 Å². The van der Waals surface area contributed by atoms with Crippen LogP contribution in [0.5, 0.6) is 5.75 Å². The highest BCUT2D eigenvalue weighted by Crippen LogP contribution is 2.41. The Labute approximate surface area is 172 Å². The first-order valence-corrected chi connectivity index (χ1v) is 9.78. The molecule has 0 aromatic heterocycles. The lowest BCUT2D eigenvalue weighted by Gasteiger charge is -2.38. The summed E-state index contributed by atoms with van der Waals surface area (Å²) in [6.45, 7) is 0.971. The zero-order valence-corrected chi connectivity index (χ0v) is 16.6. The lowest BCUT2D eigenvalue weighted by atomic mass is 9.89. The van der Waals surface area contributed by atoms with Gasteiger partial charge in [0, 0.05) is 34.8 Å². The number of halogens is 2. The molecule has 0 spiro atoms. The van der Waals surface area contributed by atoms with Crippen LogP contribution in [0.4, 0.5) is 20.6 Å². The maximum atomic E-state index is 13.6. The number of benzene rings is 2. The van der Waals surface area contributed by atoms with Crippen LogP contribution in [0.1, 0.15) is 36.9 Å². The number of alkyl halides is 1. The molecule has 2 aliphatic heterocycles. The van der Waals surface area contributed by atoms with Crippen molar-refractivity contribution in [3.05, 3.63) is 52.5 Å². The lowest BCUT2D eigenvalue weighted by Crippen LogP contribution is -2.45. The van der Waals surface area contributed by atoms with E-state index < -0.39 is 24.3 Å². The molecule has 6 nitrogen and oxygen atoms in total. The Morgan fingerprint density at radius 2 is 2.14 bits per heavy atom. The molecule has 4 rings (SSSR count). The molecule has 0 saturated carbocycles. The highest BCUT2D eigenvalue weighted by atomic mass is 35.5. The molecular formula is C21H21ClFN3O3. The molecule has 3 N–H and O–H groups in total. The minimum absolute atomic E-state index is 0.0397. The number of aryl methyl sites for hydroxylation is 1. The fourth-order valence-electron chi connectivity index (χ4n) is 3.72. The fraction of sp³-hybridized carbons (Fsp3) is 0.333. The Hall–Kier alpha value is -2.80. The van der Waals surface area contributed by atoms with Crippen molar-refractivity contribution in [1.29, 1.82) is 0 Å². The summed E-state index contributed by atoms with van der Waals surface area (Å²) in [6, 6.07) is 9.65. The van der Waals surface area contributed by atoms with Crippen molar-refractivity contribution in [3.8, 4) is 5.75 Å². The van der Waals surface area contributed by atoms with Crippen molar-refractivity contribution in [3.63, 3.8) is 0 Å².